The van der Waals surface area contributed by atoms with Gasteiger partial charge in [-0.1, -0.05) is 23.2 Å². The summed E-state index contributed by atoms with van der Waals surface area (Å²) in [6.45, 7) is 0. The zero-order chi connectivity index (χ0) is 25.2. The van der Waals surface area contributed by atoms with Crippen LogP contribution in [0.2, 0.25) is 10.0 Å². The van der Waals surface area contributed by atoms with Crippen LogP contribution in [0.1, 0.15) is 70.2 Å². The number of hydrogen-bond donors (Lipinski definition) is 2. The fourth-order valence-corrected chi connectivity index (χ4v) is 6.00. The number of alkyl halides is 1. The second-order valence-electron chi connectivity index (χ2n) is 9.60. The quantitative estimate of drug-likeness (QED) is 0.356. The van der Waals surface area contributed by atoms with E-state index >= 15 is 4.39 Å². The minimum atomic E-state index is -1.31. The number of hydrogen-bond acceptors (Lipinski definition) is 4. The number of aromatic nitrogens is 3. The Hall–Kier alpha value is -2.49. The van der Waals surface area contributed by atoms with Crippen LogP contribution in [0.15, 0.2) is 35.1 Å². The average molecular weight is 593 g/mol. The van der Waals surface area contributed by atoms with E-state index in [1.54, 1.807) is 18.2 Å². The lowest BCUT2D eigenvalue weighted by molar-refractivity contribution is 0.0924. The molecular formula is C25H21BrCl2FN5O2. The molecule has 0 saturated heterocycles. The van der Waals surface area contributed by atoms with Gasteiger partial charge in [0.1, 0.15) is 16.5 Å². The number of nitrogens with one attached hydrogen (secondary N) is 2. The molecule has 0 aliphatic heterocycles. The van der Waals surface area contributed by atoms with Crippen LogP contribution in [0.4, 0.5) is 10.1 Å². The molecule has 36 heavy (non-hydrogen) atoms. The normalized spacial score (nSPS) is 19.6. The smallest absolute Gasteiger partial charge is 0.274 e. The molecule has 1 atom stereocenters. The fraction of sp³-hybridized carbons (Fsp3) is 0.360. The van der Waals surface area contributed by atoms with Crippen LogP contribution in [0, 0.1) is 5.92 Å². The summed E-state index contributed by atoms with van der Waals surface area (Å²) in [5.74, 6) is -0.275. The van der Waals surface area contributed by atoms with Gasteiger partial charge in [0.05, 0.1) is 21.3 Å². The number of carbonyl (C=O) groups excluding carboxylic acids is 2. The molecule has 6 rings (SSSR count). The molecule has 2 amide bonds. The molecule has 3 aliphatic rings. The Morgan fingerprint density at radius 2 is 1.92 bits per heavy atom. The fourth-order valence-electron chi connectivity index (χ4n) is 5.15. The monoisotopic (exact) mass is 591 g/mol. The van der Waals surface area contributed by atoms with Gasteiger partial charge in [-0.25, -0.2) is 14.1 Å². The lowest BCUT2D eigenvalue weighted by Crippen LogP contribution is -2.39. The van der Waals surface area contributed by atoms with Gasteiger partial charge in [-0.05, 0) is 84.1 Å². The minimum absolute atomic E-state index is 0.0880. The van der Waals surface area contributed by atoms with E-state index in [1.165, 1.54) is 16.9 Å². The van der Waals surface area contributed by atoms with Crippen molar-refractivity contribution in [1.82, 2.24) is 20.1 Å². The van der Waals surface area contributed by atoms with Crippen LogP contribution in [0.3, 0.4) is 0 Å². The lowest BCUT2D eigenvalue weighted by atomic mass is 9.98. The second-order valence-corrected chi connectivity index (χ2v) is 11.2. The van der Waals surface area contributed by atoms with Crippen molar-refractivity contribution in [3.05, 3.63) is 67.5 Å². The number of benzene rings is 1. The molecule has 2 saturated carbocycles. The van der Waals surface area contributed by atoms with Crippen molar-refractivity contribution < 1.29 is 14.0 Å². The zero-order valence-corrected chi connectivity index (χ0v) is 22.1. The van der Waals surface area contributed by atoms with Crippen LogP contribution in [-0.2, 0) is 6.42 Å². The summed E-state index contributed by atoms with van der Waals surface area (Å²) in [6, 6.07) is 6.45. The Bertz CT molecular complexity index is 1420. The summed E-state index contributed by atoms with van der Waals surface area (Å²) in [7, 11) is 0. The molecule has 7 nitrogen and oxygen atoms in total. The maximum absolute atomic E-state index is 15.1. The van der Waals surface area contributed by atoms with Crippen LogP contribution in [-0.4, -0.2) is 32.1 Å². The van der Waals surface area contributed by atoms with E-state index in [1.807, 2.05) is 0 Å². The van der Waals surface area contributed by atoms with Gasteiger partial charge in [-0.15, -0.1) is 0 Å². The highest BCUT2D eigenvalue weighted by Gasteiger charge is 2.55. The summed E-state index contributed by atoms with van der Waals surface area (Å²) >= 11 is 16.2. The molecule has 186 valence electrons. The molecule has 2 heterocycles. The van der Waals surface area contributed by atoms with E-state index in [0.29, 0.717) is 33.1 Å². The first-order valence-electron chi connectivity index (χ1n) is 11.8. The van der Waals surface area contributed by atoms with Gasteiger partial charge in [0.2, 0.25) is 0 Å². The van der Waals surface area contributed by atoms with E-state index in [0.717, 1.165) is 25.7 Å². The molecule has 0 spiro atoms. The highest BCUT2D eigenvalue weighted by molar-refractivity contribution is 9.10. The molecule has 2 fully saturated rings. The Kier molecular flexibility index (Phi) is 5.85. The average Bonchev–Trinajstić information content (AvgIpc) is 3.76. The Morgan fingerprint density at radius 3 is 2.61 bits per heavy atom. The van der Waals surface area contributed by atoms with E-state index in [-0.39, 0.29) is 39.7 Å². The van der Waals surface area contributed by atoms with Gasteiger partial charge in [0, 0.05) is 23.4 Å². The number of pyridine rings is 1. The molecule has 11 heteroatoms. The number of anilines is 1. The second kappa shape index (κ2) is 8.82. The van der Waals surface area contributed by atoms with Crippen LogP contribution < -0.4 is 10.6 Å². The van der Waals surface area contributed by atoms with Crippen molar-refractivity contribution in [2.75, 3.05) is 5.32 Å². The SMILES string of the molecule is O=C(NC1(C2CC2)CC1)c1c(NC(=O)c2cc(Br)nn2-c2ncccc2Cl)c(Cl)cc2c1C(F)CC2. The van der Waals surface area contributed by atoms with Gasteiger partial charge in [0.25, 0.3) is 11.8 Å². The third kappa shape index (κ3) is 4.11. The van der Waals surface area contributed by atoms with Crippen LogP contribution >= 0.6 is 39.1 Å². The standard InChI is InChI=1S/C25H21BrCl2FN5O2/c26-18-11-17(34(33-18)22-14(27)2-1-9-30-22)23(35)31-21-15(28)10-12-3-6-16(29)19(12)20(21)24(36)32-25(7-8-25)13-4-5-13/h1-2,9-11,13,16H,3-8H2,(H,31,35)(H,32,36). The Balaban J connectivity index is 1.40. The maximum atomic E-state index is 15.1. The summed E-state index contributed by atoms with van der Waals surface area (Å²) in [6.07, 6.45) is 4.96. The number of halogens is 4. The summed E-state index contributed by atoms with van der Waals surface area (Å²) in [4.78, 5) is 31.4. The Labute approximate surface area is 224 Å². The molecule has 1 aromatic carbocycles. The van der Waals surface area contributed by atoms with Gasteiger partial charge in [0.15, 0.2) is 5.82 Å². The molecule has 0 radical (unpaired) electrons. The highest BCUT2D eigenvalue weighted by atomic mass is 79.9. The van der Waals surface area contributed by atoms with Gasteiger partial charge >= 0.3 is 0 Å². The molecular weight excluding hydrogens is 572 g/mol. The van der Waals surface area contributed by atoms with E-state index in [4.69, 9.17) is 23.2 Å². The summed E-state index contributed by atoms with van der Waals surface area (Å²) < 4.78 is 16.8. The first kappa shape index (κ1) is 23.9. The molecule has 1 unspecified atom stereocenters. The highest BCUT2D eigenvalue weighted by Crippen LogP contribution is 2.54. The molecule has 3 aliphatic carbocycles. The summed E-state index contributed by atoms with van der Waals surface area (Å²) in [5, 5.41) is 10.7. The minimum Gasteiger partial charge on any atom is -0.346 e. The van der Waals surface area contributed by atoms with Crippen molar-refractivity contribution in [3.8, 4) is 5.82 Å². The van der Waals surface area contributed by atoms with E-state index in [9.17, 15) is 9.59 Å². The van der Waals surface area contributed by atoms with Gasteiger partial charge in [-0.2, -0.15) is 5.10 Å². The molecule has 2 N–H and O–H groups in total. The molecule has 3 aromatic rings. The molecule has 2 aromatic heterocycles. The van der Waals surface area contributed by atoms with E-state index < -0.39 is 18.0 Å². The predicted octanol–water partition coefficient (Wildman–Crippen LogP) is 6.22. The number of rotatable bonds is 6. The maximum Gasteiger partial charge on any atom is 0.274 e. The van der Waals surface area contributed by atoms with Crippen molar-refractivity contribution >= 4 is 56.6 Å². The van der Waals surface area contributed by atoms with Crippen molar-refractivity contribution in [2.24, 2.45) is 5.92 Å². The predicted molar refractivity (Wildman–Crippen MR) is 138 cm³/mol. The zero-order valence-electron chi connectivity index (χ0n) is 19.0. The number of carbonyl (C=O) groups is 2. The third-order valence-electron chi connectivity index (χ3n) is 7.21. The van der Waals surface area contributed by atoms with Crippen molar-refractivity contribution in [1.29, 1.82) is 0 Å². The van der Waals surface area contributed by atoms with Crippen molar-refractivity contribution in [3.63, 3.8) is 0 Å². The first-order chi connectivity index (χ1) is 17.3. The van der Waals surface area contributed by atoms with Crippen LogP contribution in [0.25, 0.3) is 5.82 Å². The molecule has 0 bridgehead atoms. The third-order valence-corrected chi connectivity index (χ3v) is 8.19. The summed E-state index contributed by atoms with van der Waals surface area (Å²) in [5.41, 5.74) is 1.07. The van der Waals surface area contributed by atoms with Gasteiger partial charge < -0.3 is 10.6 Å². The first-order valence-corrected chi connectivity index (χ1v) is 13.3. The largest absolute Gasteiger partial charge is 0.346 e. The number of aryl methyl sites for hydroxylation is 1. The number of amides is 2. The van der Waals surface area contributed by atoms with Gasteiger partial charge in [-0.3, -0.25) is 9.59 Å². The number of fused-ring (bicyclic) bond motifs is 1. The lowest BCUT2D eigenvalue weighted by Gasteiger charge is -2.22. The van der Waals surface area contributed by atoms with Crippen molar-refractivity contribution in [2.45, 2.75) is 50.2 Å². The number of nitrogens with zero attached hydrogens (tertiary/aromatic N) is 3. The van der Waals surface area contributed by atoms with E-state index in [2.05, 4.69) is 36.6 Å². The van der Waals surface area contributed by atoms with Crippen LogP contribution in [0.5, 0.6) is 0 Å². The Morgan fingerprint density at radius 1 is 1.14 bits per heavy atom. The topological polar surface area (TPSA) is 88.9 Å².